The third kappa shape index (κ3) is 8.05. The number of aromatic nitrogens is 4. The van der Waals surface area contributed by atoms with Crippen LogP contribution in [0.15, 0.2) is 61.2 Å². The molecule has 5 rings (SSSR count). The molecule has 1 aliphatic rings. The Bertz CT molecular complexity index is 1660. The highest BCUT2D eigenvalue weighted by molar-refractivity contribution is 6.04. The number of ether oxygens (including phenoxy) is 1. The summed E-state index contributed by atoms with van der Waals surface area (Å²) in [4.78, 5) is 26.2. The molecule has 2 N–H and O–H groups in total. The first-order valence-corrected chi connectivity index (χ1v) is 14.5. The van der Waals surface area contributed by atoms with Crippen LogP contribution in [-0.2, 0) is 17.8 Å². The first-order valence-electron chi connectivity index (χ1n) is 14.5. The molecule has 44 heavy (non-hydrogen) atoms. The Hall–Kier alpha value is -4.63. The summed E-state index contributed by atoms with van der Waals surface area (Å²) >= 11 is 0. The lowest BCUT2D eigenvalue weighted by Crippen LogP contribution is -2.31. The summed E-state index contributed by atoms with van der Waals surface area (Å²) in [5, 5.41) is 10.2. The molecule has 10 nitrogen and oxygen atoms in total. The Balaban J connectivity index is 1.19. The van der Waals surface area contributed by atoms with Gasteiger partial charge < -0.3 is 20.3 Å². The predicted octanol–water partition coefficient (Wildman–Crippen LogP) is 4.30. The van der Waals surface area contributed by atoms with E-state index in [0.717, 1.165) is 30.8 Å². The fourth-order valence-electron chi connectivity index (χ4n) is 4.93. The number of nitrogens with one attached hydrogen (secondary N) is 2. The zero-order valence-electron chi connectivity index (χ0n) is 25.5. The van der Waals surface area contributed by atoms with E-state index in [1.807, 2.05) is 19.2 Å². The normalized spacial score (nSPS) is 14.8. The number of methoxy groups -OCH3 is 1. The van der Waals surface area contributed by atoms with Crippen molar-refractivity contribution in [2.24, 2.45) is 0 Å². The maximum absolute atomic E-state index is 14.9. The number of benzene rings is 2. The molecule has 3 heterocycles. The van der Waals surface area contributed by atoms with Gasteiger partial charge in [-0.05, 0) is 57.3 Å². The van der Waals surface area contributed by atoms with Crippen LogP contribution >= 0.6 is 0 Å². The van der Waals surface area contributed by atoms with Crippen LogP contribution in [0.1, 0.15) is 39.0 Å². The minimum absolute atomic E-state index is 0.327. The summed E-state index contributed by atoms with van der Waals surface area (Å²) in [7, 11) is 5.80. The van der Waals surface area contributed by atoms with Gasteiger partial charge in [-0.1, -0.05) is 24.0 Å². The molecule has 11 heteroatoms. The molecule has 0 aliphatic carbocycles. The standard InChI is InChI=1S/C33H37FN8O2/c1-23-5-7-26(32(43)38-28-10-9-27(31(34)16-28)20-41-12-11-30(22-41)40(2)3)15-25(23)8-6-24-17-35-33(36-18-24)39-29-19-37-42(21-29)13-14-44-4/h5,7,9-10,15-19,21,30H,11-14,20,22H2,1-4H3,(H,38,43)(H,35,36,39)/t30-/m1/s1. The van der Waals surface area contributed by atoms with Crippen LogP contribution in [0.2, 0.25) is 0 Å². The highest BCUT2D eigenvalue weighted by atomic mass is 19.1. The van der Waals surface area contributed by atoms with Crippen molar-refractivity contribution < 1.29 is 13.9 Å². The first kappa shape index (κ1) is 30.8. The summed E-state index contributed by atoms with van der Waals surface area (Å²) < 4.78 is 21.8. The molecule has 0 unspecified atom stereocenters. The van der Waals surface area contributed by atoms with Crippen LogP contribution in [-0.4, -0.2) is 82.4 Å². The van der Waals surface area contributed by atoms with Crippen LogP contribution in [0, 0.1) is 24.6 Å². The summed E-state index contributed by atoms with van der Waals surface area (Å²) in [5.74, 6) is 5.95. The Morgan fingerprint density at radius 1 is 1.11 bits per heavy atom. The number of aryl methyl sites for hydroxylation is 1. The van der Waals surface area contributed by atoms with E-state index in [0.29, 0.717) is 59.6 Å². The number of carbonyl (C=O) groups is 1. The number of likely N-dealkylation sites (tertiary alicyclic amines) is 1. The Morgan fingerprint density at radius 3 is 2.66 bits per heavy atom. The van der Waals surface area contributed by atoms with E-state index in [-0.39, 0.29) is 11.7 Å². The number of amides is 1. The molecule has 1 fully saturated rings. The summed E-state index contributed by atoms with van der Waals surface area (Å²) in [6.45, 7) is 5.56. The number of nitrogens with zero attached hydrogens (tertiary/aromatic N) is 6. The monoisotopic (exact) mass is 596 g/mol. The summed E-state index contributed by atoms with van der Waals surface area (Å²) in [5.41, 5.74) is 4.48. The van der Waals surface area contributed by atoms with Gasteiger partial charge in [0.05, 0.1) is 30.6 Å². The largest absolute Gasteiger partial charge is 0.383 e. The van der Waals surface area contributed by atoms with Crippen LogP contribution in [0.3, 0.4) is 0 Å². The van der Waals surface area contributed by atoms with E-state index in [9.17, 15) is 9.18 Å². The van der Waals surface area contributed by atoms with Crippen LogP contribution in [0.4, 0.5) is 21.7 Å². The third-order valence-corrected chi connectivity index (χ3v) is 7.59. The smallest absolute Gasteiger partial charge is 0.255 e. The van der Waals surface area contributed by atoms with Gasteiger partial charge in [-0.25, -0.2) is 14.4 Å². The van der Waals surface area contributed by atoms with Gasteiger partial charge in [-0.3, -0.25) is 14.4 Å². The number of hydrogen-bond acceptors (Lipinski definition) is 8. The van der Waals surface area contributed by atoms with Crippen molar-refractivity contribution in [2.45, 2.75) is 32.5 Å². The third-order valence-electron chi connectivity index (χ3n) is 7.59. The van der Waals surface area contributed by atoms with Crippen molar-refractivity contribution in [3.63, 3.8) is 0 Å². The van der Waals surface area contributed by atoms with Gasteiger partial charge >= 0.3 is 0 Å². The quantitative estimate of drug-likeness (QED) is 0.262. The summed E-state index contributed by atoms with van der Waals surface area (Å²) in [6, 6.07) is 10.7. The van der Waals surface area contributed by atoms with Crippen LogP contribution in [0.25, 0.3) is 0 Å². The van der Waals surface area contributed by atoms with Crippen molar-refractivity contribution in [2.75, 3.05) is 51.5 Å². The summed E-state index contributed by atoms with van der Waals surface area (Å²) in [6.07, 6.45) is 7.88. The molecular weight excluding hydrogens is 559 g/mol. The number of rotatable bonds is 10. The zero-order valence-corrected chi connectivity index (χ0v) is 25.5. The van der Waals surface area contributed by atoms with Crippen molar-refractivity contribution in [3.8, 4) is 11.8 Å². The molecule has 2 aromatic heterocycles. The maximum Gasteiger partial charge on any atom is 0.255 e. The molecule has 1 atom stereocenters. The number of carbonyl (C=O) groups excluding carboxylic acids is 1. The van der Waals surface area contributed by atoms with Gasteiger partial charge in [0.1, 0.15) is 5.82 Å². The topological polar surface area (TPSA) is 100 Å². The first-order chi connectivity index (χ1) is 21.3. The fourth-order valence-corrected chi connectivity index (χ4v) is 4.93. The van der Waals surface area contributed by atoms with Crippen molar-refractivity contribution in [1.82, 2.24) is 29.5 Å². The molecule has 1 saturated heterocycles. The molecule has 228 valence electrons. The number of hydrogen-bond donors (Lipinski definition) is 2. The van der Waals surface area contributed by atoms with Crippen LogP contribution < -0.4 is 10.6 Å². The second-order valence-electron chi connectivity index (χ2n) is 11.1. The lowest BCUT2D eigenvalue weighted by molar-refractivity contribution is 0.102. The van der Waals surface area contributed by atoms with Gasteiger partial charge in [0.25, 0.3) is 5.91 Å². The molecule has 0 radical (unpaired) electrons. The van der Waals surface area contributed by atoms with E-state index < -0.39 is 0 Å². The predicted molar refractivity (Wildman–Crippen MR) is 168 cm³/mol. The molecule has 4 aromatic rings. The van der Waals surface area contributed by atoms with E-state index in [1.54, 1.807) is 54.6 Å². The van der Waals surface area contributed by atoms with E-state index in [4.69, 9.17) is 4.74 Å². The Labute approximate surface area is 257 Å². The maximum atomic E-state index is 14.9. The number of likely N-dealkylation sites (N-methyl/N-ethyl adjacent to an activating group) is 1. The Kier molecular flexibility index (Phi) is 9.96. The van der Waals surface area contributed by atoms with Gasteiger partial charge in [-0.15, -0.1) is 0 Å². The highest BCUT2D eigenvalue weighted by Gasteiger charge is 2.24. The van der Waals surface area contributed by atoms with Gasteiger partial charge in [0.15, 0.2) is 0 Å². The molecule has 2 aromatic carbocycles. The molecular formula is C33H37FN8O2. The van der Waals surface area contributed by atoms with E-state index in [1.165, 1.54) is 6.07 Å². The molecule has 0 saturated carbocycles. The minimum Gasteiger partial charge on any atom is -0.383 e. The fraction of sp³-hybridized carbons (Fsp3) is 0.333. The molecule has 1 aliphatic heterocycles. The second-order valence-corrected chi connectivity index (χ2v) is 11.1. The molecule has 0 spiro atoms. The zero-order chi connectivity index (χ0) is 31.1. The number of anilines is 3. The second kappa shape index (κ2) is 14.2. The average molecular weight is 597 g/mol. The highest BCUT2D eigenvalue weighted by Crippen LogP contribution is 2.21. The number of halogens is 1. The Morgan fingerprint density at radius 2 is 1.93 bits per heavy atom. The minimum atomic E-state index is -0.335. The lowest BCUT2D eigenvalue weighted by atomic mass is 10.0. The van der Waals surface area contributed by atoms with Gasteiger partial charge in [0.2, 0.25) is 5.95 Å². The molecule has 0 bridgehead atoms. The van der Waals surface area contributed by atoms with Crippen LogP contribution in [0.5, 0.6) is 0 Å². The van der Waals surface area contributed by atoms with E-state index in [2.05, 4.69) is 61.4 Å². The van der Waals surface area contributed by atoms with Gasteiger partial charge in [-0.2, -0.15) is 5.10 Å². The SMILES string of the molecule is COCCn1cc(Nc2ncc(C#Cc3cc(C(=O)Nc4ccc(CN5CC[C@@H](N(C)C)C5)c(F)c4)ccc3C)cn2)cn1. The van der Waals surface area contributed by atoms with Gasteiger partial charge in [0, 0.05) is 73.8 Å². The van der Waals surface area contributed by atoms with Crippen molar-refractivity contribution in [1.29, 1.82) is 0 Å². The molecule has 1 amide bonds. The van der Waals surface area contributed by atoms with Crippen molar-refractivity contribution >= 4 is 23.2 Å². The lowest BCUT2D eigenvalue weighted by Gasteiger charge is -2.20. The van der Waals surface area contributed by atoms with E-state index >= 15 is 0 Å². The van der Waals surface area contributed by atoms with Crippen molar-refractivity contribution in [3.05, 3.63) is 94.8 Å². The average Bonchev–Trinajstić information content (AvgIpc) is 3.67.